The molecule has 170 valence electrons. The number of rotatable bonds is 8. The van der Waals surface area contributed by atoms with Crippen molar-refractivity contribution in [1.29, 1.82) is 0 Å². The van der Waals surface area contributed by atoms with Crippen LogP contribution in [0.3, 0.4) is 0 Å². The molecule has 0 radical (unpaired) electrons. The molecule has 0 unspecified atom stereocenters. The first kappa shape index (κ1) is 22.8. The van der Waals surface area contributed by atoms with Crippen LogP contribution in [-0.4, -0.2) is 56.0 Å². The molecule has 32 heavy (non-hydrogen) atoms. The second kappa shape index (κ2) is 10.1. The van der Waals surface area contributed by atoms with Crippen LogP contribution < -0.4 is 4.74 Å². The van der Waals surface area contributed by atoms with E-state index in [1.165, 1.54) is 37.9 Å². The zero-order chi connectivity index (χ0) is 22.7. The molecule has 4 nitrogen and oxygen atoms in total. The minimum atomic E-state index is 0.273. The zero-order valence-electron chi connectivity index (χ0n) is 19.7. The van der Waals surface area contributed by atoms with E-state index in [0.717, 1.165) is 51.2 Å². The predicted octanol–water partition coefficient (Wildman–Crippen LogP) is 5.02. The lowest BCUT2D eigenvalue weighted by atomic mass is 9.97. The predicted molar refractivity (Wildman–Crippen MR) is 134 cm³/mol. The Bertz CT molecular complexity index is 1100. The lowest BCUT2D eigenvalue weighted by Crippen LogP contribution is -2.35. The highest BCUT2D eigenvalue weighted by Crippen LogP contribution is 2.30. The number of methoxy groups -OCH3 is 1. The molecular weight excluding hydrogens is 416 g/mol. The van der Waals surface area contributed by atoms with E-state index in [0.29, 0.717) is 6.42 Å². The van der Waals surface area contributed by atoms with Crippen molar-refractivity contribution in [2.45, 2.75) is 39.5 Å². The first-order valence-electron chi connectivity index (χ1n) is 11.5. The number of benzene rings is 2. The van der Waals surface area contributed by atoms with Crippen molar-refractivity contribution in [3.63, 3.8) is 0 Å². The lowest BCUT2D eigenvalue weighted by Gasteiger charge is -2.22. The molecule has 0 fully saturated rings. The summed E-state index contributed by atoms with van der Waals surface area (Å²) in [6, 6.07) is 10.8. The smallest absolute Gasteiger partial charge is 0.227 e. The number of thiophene rings is 1. The lowest BCUT2D eigenvalue weighted by molar-refractivity contribution is -0.130. The fraction of sp³-hybridized carbons (Fsp3) is 0.444. The van der Waals surface area contributed by atoms with E-state index in [1.54, 1.807) is 18.4 Å². The highest BCUT2D eigenvalue weighted by molar-refractivity contribution is 7.17. The van der Waals surface area contributed by atoms with Gasteiger partial charge < -0.3 is 14.5 Å². The van der Waals surface area contributed by atoms with Crippen LogP contribution in [-0.2, 0) is 24.1 Å². The van der Waals surface area contributed by atoms with Crippen molar-refractivity contribution in [2.75, 3.05) is 40.3 Å². The van der Waals surface area contributed by atoms with Crippen molar-refractivity contribution in [1.82, 2.24) is 9.80 Å². The maximum atomic E-state index is 12.8. The molecule has 0 aliphatic carbocycles. The maximum absolute atomic E-state index is 12.8. The number of ether oxygens (including phenoxy) is 1. The monoisotopic (exact) mass is 450 g/mol. The van der Waals surface area contributed by atoms with Crippen molar-refractivity contribution < 1.29 is 9.53 Å². The fourth-order valence-corrected chi connectivity index (χ4v) is 5.59. The summed E-state index contributed by atoms with van der Waals surface area (Å²) < 4.78 is 6.62. The summed E-state index contributed by atoms with van der Waals surface area (Å²) >= 11 is 1.79. The van der Waals surface area contributed by atoms with Gasteiger partial charge in [-0.05, 0) is 103 Å². The Kier molecular flexibility index (Phi) is 7.17. The number of fused-ring (bicyclic) bond motifs is 2. The molecular formula is C27H34N2O2S. The zero-order valence-corrected chi connectivity index (χ0v) is 20.6. The third-order valence-electron chi connectivity index (χ3n) is 6.75. The van der Waals surface area contributed by atoms with Crippen LogP contribution in [0, 0.1) is 13.8 Å². The van der Waals surface area contributed by atoms with Crippen molar-refractivity contribution >= 4 is 27.3 Å². The Balaban J connectivity index is 1.25. The molecule has 0 spiro atoms. The largest absolute Gasteiger partial charge is 0.497 e. The molecule has 1 aromatic heterocycles. The molecule has 1 aliphatic rings. The molecule has 3 aromatic rings. The van der Waals surface area contributed by atoms with Gasteiger partial charge in [0, 0.05) is 24.3 Å². The Morgan fingerprint density at radius 1 is 1.09 bits per heavy atom. The van der Waals surface area contributed by atoms with Gasteiger partial charge in [0.25, 0.3) is 0 Å². The van der Waals surface area contributed by atoms with Crippen LogP contribution >= 0.6 is 11.3 Å². The van der Waals surface area contributed by atoms with E-state index < -0.39 is 0 Å². The first-order chi connectivity index (χ1) is 15.4. The fourth-order valence-electron chi connectivity index (χ4n) is 4.56. The van der Waals surface area contributed by atoms with Gasteiger partial charge in [-0.25, -0.2) is 0 Å². The van der Waals surface area contributed by atoms with Gasteiger partial charge in [0.1, 0.15) is 5.75 Å². The molecule has 2 aromatic carbocycles. The molecule has 1 aliphatic heterocycles. The van der Waals surface area contributed by atoms with Crippen molar-refractivity contribution in [2.24, 2.45) is 0 Å². The van der Waals surface area contributed by atoms with Crippen LogP contribution in [0.1, 0.15) is 34.2 Å². The minimum Gasteiger partial charge on any atom is -0.497 e. The number of hydrogen-bond acceptors (Lipinski definition) is 4. The summed E-state index contributed by atoms with van der Waals surface area (Å²) in [6.07, 6.45) is 3.56. The normalized spacial score (nSPS) is 14.2. The standard InChI is InChI=1S/C27H34N2O2S/c1-19-14-21-9-13-29(27(30)16-23(21)15-20(19)2)11-5-10-28(3)12-8-22-18-32-26-17-24(31-4)6-7-25(22)26/h6-7,14-15,17-18H,5,8-13,16H2,1-4H3. The van der Waals surface area contributed by atoms with Gasteiger partial charge in [0.05, 0.1) is 13.5 Å². The van der Waals surface area contributed by atoms with E-state index in [2.05, 4.69) is 60.3 Å². The number of carbonyl (C=O) groups excluding carboxylic acids is 1. The Morgan fingerprint density at radius 2 is 1.88 bits per heavy atom. The van der Waals surface area contributed by atoms with Crippen LogP contribution in [0.5, 0.6) is 5.75 Å². The second-order valence-electron chi connectivity index (χ2n) is 9.04. The highest BCUT2D eigenvalue weighted by Gasteiger charge is 2.21. The van der Waals surface area contributed by atoms with E-state index >= 15 is 0 Å². The summed E-state index contributed by atoms with van der Waals surface area (Å²) in [4.78, 5) is 17.3. The molecule has 0 N–H and O–H groups in total. The Labute approximate surface area is 195 Å². The average molecular weight is 451 g/mol. The summed E-state index contributed by atoms with van der Waals surface area (Å²) in [5.74, 6) is 1.19. The second-order valence-corrected chi connectivity index (χ2v) is 9.95. The quantitative estimate of drug-likeness (QED) is 0.483. The average Bonchev–Trinajstić information content (AvgIpc) is 3.12. The maximum Gasteiger partial charge on any atom is 0.227 e. The summed E-state index contributed by atoms with van der Waals surface area (Å²) in [5, 5.41) is 3.61. The van der Waals surface area contributed by atoms with Crippen LogP contribution in [0.4, 0.5) is 0 Å². The topological polar surface area (TPSA) is 32.8 Å². The molecule has 0 saturated carbocycles. The third kappa shape index (κ3) is 5.16. The molecule has 2 heterocycles. The van der Waals surface area contributed by atoms with Gasteiger partial charge in [-0.15, -0.1) is 11.3 Å². The SMILES string of the molecule is COc1ccc2c(CCN(C)CCCN3CCc4cc(C)c(C)cc4CC3=O)csc2c1. The summed E-state index contributed by atoms with van der Waals surface area (Å²) in [6.45, 7) is 8.00. The Hall–Kier alpha value is -2.37. The third-order valence-corrected chi connectivity index (χ3v) is 7.75. The summed E-state index contributed by atoms with van der Waals surface area (Å²) in [5.41, 5.74) is 6.58. The number of carbonyl (C=O) groups is 1. The molecule has 5 heteroatoms. The van der Waals surface area contributed by atoms with E-state index in [4.69, 9.17) is 4.74 Å². The van der Waals surface area contributed by atoms with Gasteiger partial charge in [-0.2, -0.15) is 0 Å². The van der Waals surface area contributed by atoms with Gasteiger partial charge in [0.15, 0.2) is 0 Å². The van der Waals surface area contributed by atoms with Crippen molar-refractivity contribution in [3.05, 3.63) is 63.5 Å². The number of nitrogens with zero attached hydrogens (tertiary/aromatic N) is 2. The number of hydrogen-bond donors (Lipinski definition) is 0. The van der Waals surface area contributed by atoms with Crippen molar-refractivity contribution in [3.8, 4) is 5.75 Å². The van der Waals surface area contributed by atoms with Gasteiger partial charge >= 0.3 is 0 Å². The Morgan fingerprint density at radius 3 is 2.66 bits per heavy atom. The molecule has 1 amide bonds. The molecule has 4 rings (SSSR count). The molecule has 0 atom stereocenters. The van der Waals surface area contributed by atoms with E-state index in [9.17, 15) is 4.79 Å². The number of amides is 1. The van der Waals surface area contributed by atoms with Gasteiger partial charge in [-0.3, -0.25) is 4.79 Å². The van der Waals surface area contributed by atoms with Crippen LogP contribution in [0.25, 0.3) is 10.1 Å². The first-order valence-corrected chi connectivity index (χ1v) is 12.4. The van der Waals surface area contributed by atoms with Gasteiger partial charge in [-0.1, -0.05) is 12.1 Å². The summed E-state index contributed by atoms with van der Waals surface area (Å²) in [7, 11) is 3.90. The van der Waals surface area contributed by atoms with Crippen LogP contribution in [0.2, 0.25) is 0 Å². The molecule has 0 bridgehead atoms. The van der Waals surface area contributed by atoms with E-state index in [1.807, 2.05) is 6.07 Å². The van der Waals surface area contributed by atoms with Crippen LogP contribution in [0.15, 0.2) is 35.7 Å². The van der Waals surface area contributed by atoms with E-state index in [-0.39, 0.29) is 5.91 Å². The van der Waals surface area contributed by atoms with Gasteiger partial charge in [0.2, 0.25) is 5.91 Å². The number of aryl methyl sites for hydroxylation is 2. The minimum absolute atomic E-state index is 0.273. The molecule has 0 saturated heterocycles. The highest BCUT2D eigenvalue weighted by atomic mass is 32.1. The number of likely N-dealkylation sites (N-methyl/N-ethyl adjacent to an activating group) is 1.